The molecule has 8 nitrogen and oxygen atoms in total. The van der Waals surface area contributed by atoms with E-state index in [0.29, 0.717) is 49.2 Å². The molecule has 1 aromatic heterocycles. The van der Waals surface area contributed by atoms with Crippen LogP contribution in [-0.4, -0.2) is 66.3 Å². The zero-order valence-electron chi connectivity index (χ0n) is 18.0. The van der Waals surface area contributed by atoms with E-state index in [1.807, 2.05) is 25.1 Å². The summed E-state index contributed by atoms with van der Waals surface area (Å²) in [5.74, 6) is 0.242. The number of amides is 2. The third kappa shape index (κ3) is 5.25. The molecule has 1 N–H and O–H groups in total. The van der Waals surface area contributed by atoms with Gasteiger partial charge < -0.3 is 19.9 Å². The number of piperazine rings is 1. The highest BCUT2D eigenvalue weighted by Gasteiger charge is 2.25. The van der Waals surface area contributed by atoms with E-state index in [2.05, 4.69) is 15.3 Å². The molecular weight excluding hydrogens is 441 g/mol. The van der Waals surface area contributed by atoms with Gasteiger partial charge in [0.1, 0.15) is 12.3 Å². The van der Waals surface area contributed by atoms with Crippen LogP contribution in [0.5, 0.6) is 5.75 Å². The molecule has 1 aromatic carbocycles. The molecule has 0 saturated carbocycles. The van der Waals surface area contributed by atoms with E-state index in [0.717, 1.165) is 12.1 Å². The van der Waals surface area contributed by atoms with Crippen molar-refractivity contribution in [3.05, 3.63) is 39.6 Å². The van der Waals surface area contributed by atoms with Gasteiger partial charge in [0.05, 0.1) is 22.8 Å². The van der Waals surface area contributed by atoms with Crippen molar-refractivity contribution >= 4 is 40.7 Å². The molecule has 2 aromatic rings. The lowest BCUT2D eigenvalue weighted by atomic mass is 10.2. The number of benzene rings is 1. The van der Waals surface area contributed by atoms with Crippen LogP contribution in [0.1, 0.15) is 29.5 Å². The summed E-state index contributed by atoms with van der Waals surface area (Å²) >= 11 is 12.4. The molecule has 1 aliphatic heterocycles. The molecule has 0 atom stereocenters. The van der Waals surface area contributed by atoms with Crippen LogP contribution in [0.3, 0.4) is 0 Å². The van der Waals surface area contributed by atoms with Crippen LogP contribution >= 0.6 is 23.2 Å². The maximum Gasteiger partial charge on any atom is 0.273 e. The molecule has 10 heteroatoms. The largest absolute Gasteiger partial charge is 0.495 e. The zero-order chi connectivity index (χ0) is 22.5. The highest BCUT2D eigenvalue weighted by molar-refractivity contribution is 6.34. The third-order valence-corrected chi connectivity index (χ3v) is 6.07. The van der Waals surface area contributed by atoms with Gasteiger partial charge in [-0.3, -0.25) is 14.3 Å². The van der Waals surface area contributed by atoms with Gasteiger partial charge in [0, 0.05) is 44.5 Å². The number of carbonyl (C=O) groups excluding carboxylic acids is 2. The molecule has 168 valence electrons. The predicted octanol–water partition coefficient (Wildman–Crippen LogP) is 3.00. The first-order valence-corrected chi connectivity index (χ1v) is 11.0. The number of ether oxygens (including phenoxy) is 1. The molecule has 2 heterocycles. The highest BCUT2D eigenvalue weighted by atomic mass is 35.5. The van der Waals surface area contributed by atoms with Gasteiger partial charge >= 0.3 is 0 Å². The Morgan fingerprint density at radius 3 is 2.55 bits per heavy atom. The number of hydrogen-bond donors (Lipinski definition) is 1. The lowest BCUT2D eigenvalue weighted by Gasteiger charge is -2.36. The minimum atomic E-state index is -0.326. The van der Waals surface area contributed by atoms with E-state index in [-0.39, 0.29) is 29.1 Å². The smallest absolute Gasteiger partial charge is 0.273 e. The average molecular weight is 468 g/mol. The fourth-order valence-corrected chi connectivity index (χ4v) is 3.85. The van der Waals surface area contributed by atoms with E-state index in [1.54, 1.807) is 18.9 Å². The number of halogens is 2. The average Bonchev–Trinajstić information content (AvgIpc) is 3.06. The Morgan fingerprint density at radius 1 is 1.19 bits per heavy atom. The summed E-state index contributed by atoms with van der Waals surface area (Å²) in [6.07, 6.45) is 0.816. The Bertz CT molecular complexity index is 955. The molecule has 31 heavy (non-hydrogen) atoms. The minimum absolute atomic E-state index is 0.0430. The summed E-state index contributed by atoms with van der Waals surface area (Å²) in [7, 11) is 1.59. The highest BCUT2D eigenvalue weighted by Crippen LogP contribution is 2.30. The van der Waals surface area contributed by atoms with Crippen molar-refractivity contribution in [2.75, 3.05) is 44.7 Å². The number of anilines is 1. The van der Waals surface area contributed by atoms with Crippen LogP contribution in [0.15, 0.2) is 18.2 Å². The van der Waals surface area contributed by atoms with Gasteiger partial charge in [-0.05, 0) is 25.5 Å². The van der Waals surface area contributed by atoms with Crippen molar-refractivity contribution in [1.29, 1.82) is 0 Å². The zero-order valence-corrected chi connectivity index (χ0v) is 19.5. The normalized spacial score (nSPS) is 14.0. The maximum absolute atomic E-state index is 12.8. The van der Waals surface area contributed by atoms with Crippen molar-refractivity contribution in [2.24, 2.45) is 0 Å². The summed E-state index contributed by atoms with van der Waals surface area (Å²) in [6, 6.07) is 5.66. The van der Waals surface area contributed by atoms with Gasteiger partial charge in [-0.1, -0.05) is 30.1 Å². The van der Waals surface area contributed by atoms with Crippen LogP contribution in [-0.2, 0) is 11.3 Å². The topological polar surface area (TPSA) is 79.7 Å². The molecule has 0 spiro atoms. The van der Waals surface area contributed by atoms with Crippen LogP contribution in [0.2, 0.25) is 10.0 Å². The summed E-state index contributed by atoms with van der Waals surface area (Å²) in [6.45, 7) is 6.87. The standard InChI is InChI=1S/C21H27Cl2N5O3/c1-4-7-24-21(30)20-19(23)14(2)28(25-20)13-18(29)27-10-8-26(9-11-27)15-5-6-16(22)17(12-15)31-3/h5-6,12H,4,7-11,13H2,1-3H3,(H,24,30). The monoisotopic (exact) mass is 467 g/mol. The summed E-state index contributed by atoms with van der Waals surface area (Å²) < 4.78 is 6.79. The minimum Gasteiger partial charge on any atom is -0.495 e. The lowest BCUT2D eigenvalue weighted by Crippen LogP contribution is -2.49. The maximum atomic E-state index is 12.8. The lowest BCUT2D eigenvalue weighted by molar-refractivity contribution is -0.132. The third-order valence-electron chi connectivity index (χ3n) is 5.30. The van der Waals surface area contributed by atoms with Crippen molar-refractivity contribution in [1.82, 2.24) is 20.0 Å². The van der Waals surface area contributed by atoms with Gasteiger partial charge in [0.15, 0.2) is 5.69 Å². The molecule has 1 saturated heterocycles. The Labute approximate surface area is 192 Å². The van der Waals surface area contributed by atoms with E-state index >= 15 is 0 Å². The number of carbonyl (C=O) groups is 2. The van der Waals surface area contributed by atoms with Crippen LogP contribution in [0.4, 0.5) is 5.69 Å². The number of hydrogen-bond acceptors (Lipinski definition) is 5. The fraction of sp³-hybridized carbons (Fsp3) is 0.476. The molecule has 0 unspecified atom stereocenters. The second-order valence-corrected chi connectivity index (χ2v) is 8.13. The molecule has 3 rings (SSSR count). The number of methoxy groups -OCH3 is 1. The Balaban J connectivity index is 1.61. The van der Waals surface area contributed by atoms with E-state index in [4.69, 9.17) is 27.9 Å². The molecule has 2 amide bonds. The molecular formula is C21H27Cl2N5O3. The first-order valence-electron chi connectivity index (χ1n) is 10.2. The Kier molecular flexibility index (Phi) is 7.67. The van der Waals surface area contributed by atoms with Gasteiger partial charge in [0.25, 0.3) is 5.91 Å². The summed E-state index contributed by atoms with van der Waals surface area (Å²) in [4.78, 5) is 29.1. The van der Waals surface area contributed by atoms with Crippen LogP contribution in [0.25, 0.3) is 0 Å². The summed E-state index contributed by atoms with van der Waals surface area (Å²) in [5.41, 5.74) is 1.76. The fourth-order valence-electron chi connectivity index (χ4n) is 3.43. The molecule has 0 aliphatic carbocycles. The molecule has 0 bridgehead atoms. The van der Waals surface area contributed by atoms with Gasteiger partial charge in [-0.25, -0.2) is 0 Å². The van der Waals surface area contributed by atoms with Gasteiger partial charge in [-0.15, -0.1) is 0 Å². The van der Waals surface area contributed by atoms with Crippen molar-refractivity contribution < 1.29 is 14.3 Å². The number of nitrogens with one attached hydrogen (secondary N) is 1. The number of rotatable bonds is 7. The quantitative estimate of drug-likeness (QED) is 0.676. The van der Waals surface area contributed by atoms with E-state index in [9.17, 15) is 9.59 Å². The first-order chi connectivity index (χ1) is 14.8. The van der Waals surface area contributed by atoms with Crippen molar-refractivity contribution in [3.8, 4) is 5.75 Å². The number of nitrogens with zero attached hydrogens (tertiary/aromatic N) is 4. The van der Waals surface area contributed by atoms with E-state index < -0.39 is 0 Å². The Hall–Kier alpha value is -2.45. The number of aromatic nitrogens is 2. The van der Waals surface area contributed by atoms with Crippen molar-refractivity contribution in [3.63, 3.8) is 0 Å². The summed E-state index contributed by atoms with van der Waals surface area (Å²) in [5, 5.41) is 7.88. The van der Waals surface area contributed by atoms with E-state index in [1.165, 1.54) is 4.68 Å². The second kappa shape index (κ2) is 10.2. The molecule has 1 fully saturated rings. The first kappa shape index (κ1) is 23.2. The van der Waals surface area contributed by atoms with Gasteiger partial charge in [-0.2, -0.15) is 5.10 Å². The Morgan fingerprint density at radius 2 is 1.90 bits per heavy atom. The SMILES string of the molecule is CCCNC(=O)c1nn(CC(=O)N2CCN(c3ccc(Cl)c(OC)c3)CC2)c(C)c1Cl. The van der Waals surface area contributed by atoms with Crippen LogP contribution < -0.4 is 15.0 Å². The molecule has 0 radical (unpaired) electrons. The second-order valence-electron chi connectivity index (χ2n) is 7.35. The van der Waals surface area contributed by atoms with Crippen molar-refractivity contribution in [2.45, 2.75) is 26.8 Å². The molecule has 1 aliphatic rings. The van der Waals surface area contributed by atoms with Gasteiger partial charge in [0.2, 0.25) is 5.91 Å². The predicted molar refractivity (Wildman–Crippen MR) is 121 cm³/mol. The van der Waals surface area contributed by atoms with Crippen LogP contribution in [0, 0.1) is 6.92 Å².